The summed E-state index contributed by atoms with van der Waals surface area (Å²) in [5.74, 6) is 0.970. The molecule has 0 aliphatic carbocycles. The molecule has 0 saturated carbocycles. The van der Waals surface area contributed by atoms with E-state index in [2.05, 4.69) is 10.3 Å². The van der Waals surface area contributed by atoms with Crippen LogP contribution in [-0.2, 0) is 0 Å². The largest absolute Gasteiger partial charge is 0.447 e. The molecule has 1 unspecified atom stereocenters. The molecule has 1 N–H and O–H groups in total. The Morgan fingerprint density at radius 1 is 1.50 bits per heavy atom. The average Bonchev–Trinajstić information content (AvgIpc) is 2.59. The predicted molar refractivity (Wildman–Crippen MR) is 51.0 cm³/mol. The number of hydrogen-bond acceptors (Lipinski definition) is 3. The van der Waals surface area contributed by atoms with Crippen molar-refractivity contribution in [1.82, 2.24) is 10.3 Å². The van der Waals surface area contributed by atoms with E-state index in [1.165, 1.54) is 19.2 Å². The zero-order valence-corrected chi connectivity index (χ0v) is 8.16. The van der Waals surface area contributed by atoms with Gasteiger partial charge in [0.1, 0.15) is 5.76 Å². The summed E-state index contributed by atoms with van der Waals surface area (Å²) in [6.07, 6.45) is 5.68. The normalized spacial score (nSPS) is 21.2. The first-order valence-electron chi connectivity index (χ1n) is 3.58. The molecular formula is C7H12Cl2N2O. The number of hydrogen-bond donors (Lipinski definition) is 1. The van der Waals surface area contributed by atoms with Gasteiger partial charge in [-0.15, -0.1) is 24.8 Å². The average molecular weight is 211 g/mol. The molecule has 2 rings (SSSR count). The molecule has 12 heavy (non-hydrogen) atoms. The van der Waals surface area contributed by atoms with Crippen molar-refractivity contribution in [2.75, 3.05) is 6.54 Å². The Labute approximate surface area is 83.8 Å². The Kier molecular flexibility index (Phi) is 5.29. The quantitative estimate of drug-likeness (QED) is 0.771. The first-order valence-corrected chi connectivity index (χ1v) is 3.58. The van der Waals surface area contributed by atoms with Crippen molar-refractivity contribution in [2.45, 2.75) is 18.9 Å². The van der Waals surface area contributed by atoms with E-state index in [1.807, 2.05) is 0 Å². The van der Waals surface area contributed by atoms with E-state index in [9.17, 15) is 0 Å². The Bertz CT molecular complexity index is 197. The van der Waals surface area contributed by atoms with Crippen LogP contribution in [0.3, 0.4) is 0 Å². The topological polar surface area (TPSA) is 38.1 Å². The lowest BCUT2D eigenvalue weighted by molar-refractivity contribution is 0.443. The predicted octanol–water partition coefficient (Wildman–Crippen LogP) is 1.94. The third-order valence-electron chi connectivity index (χ3n) is 1.86. The van der Waals surface area contributed by atoms with Gasteiger partial charge in [0.15, 0.2) is 6.39 Å². The van der Waals surface area contributed by atoms with Crippen molar-refractivity contribution < 1.29 is 4.42 Å². The summed E-state index contributed by atoms with van der Waals surface area (Å²) in [7, 11) is 0. The standard InChI is InChI=1S/C7H10N2O.2ClH/c1-2-6(9-3-1)7-4-8-5-10-7;;/h4-6,9H,1-3H2;2*1H. The van der Waals surface area contributed by atoms with Crippen molar-refractivity contribution in [3.8, 4) is 0 Å². The highest BCUT2D eigenvalue weighted by molar-refractivity contribution is 5.85. The first kappa shape index (κ1) is 11.8. The Balaban J connectivity index is 0.000000605. The monoisotopic (exact) mass is 210 g/mol. The maximum atomic E-state index is 5.14. The maximum Gasteiger partial charge on any atom is 0.180 e. The Morgan fingerprint density at radius 3 is 2.83 bits per heavy atom. The van der Waals surface area contributed by atoms with Crippen LogP contribution in [0.1, 0.15) is 24.6 Å². The van der Waals surface area contributed by atoms with E-state index < -0.39 is 0 Å². The van der Waals surface area contributed by atoms with Gasteiger partial charge >= 0.3 is 0 Å². The molecule has 2 heterocycles. The summed E-state index contributed by atoms with van der Waals surface area (Å²) in [6, 6.07) is 0.419. The zero-order valence-electron chi connectivity index (χ0n) is 6.53. The number of nitrogens with one attached hydrogen (secondary N) is 1. The van der Waals surface area contributed by atoms with Crippen molar-refractivity contribution in [3.63, 3.8) is 0 Å². The van der Waals surface area contributed by atoms with Crippen LogP contribution in [0.2, 0.25) is 0 Å². The number of halogens is 2. The highest BCUT2D eigenvalue weighted by Gasteiger charge is 2.18. The summed E-state index contributed by atoms with van der Waals surface area (Å²) >= 11 is 0. The number of aromatic nitrogens is 1. The molecule has 1 fully saturated rings. The van der Waals surface area contributed by atoms with Crippen LogP contribution in [0.15, 0.2) is 17.0 Å². The van der Waals surface area contributed by atoms with Gasteiger partial charge in [-0.25, -0.2) is 4.98 Å². The van der Waals surface area contributed by atoms with E-state index in [-0.39, 0.29) is 24.8 Å². The van der Waals surface area contributed by atoms with Crippen LogP contribution in [0, 0.1) is 0 Å². The zero-order chi connectivity index (χ0) is 6.81. The third kappa shape index (κ3) is 2.37. The number of rotatable bonds is 1. The lowest BCUT2D eigenvalue weighted by atomic mass is 10.2. The summed E-state index contributed by atoms with van der Waals surface area (Å²) in [6.45, 7) is 1.10. The molecule has 70 valence electrons. The lowest BCUT2D eigenvalue weighted by Gasteiger charge is -2.02. The van der Waals surface area contributed by atoms with Gasteiger partial charge in [-0.2, -0.15) is 0 Å². The molecule has 1 saturated heterocycles. The smallest absolute Gasteiger partial charge is 0.180 e. The fourth-order valence-corrected chi connectivity index (χ4v) is 1.33. The number of nitrogens with zero attached hydrogens (tertiary/aromatic N) is 1. The second kappa shape index (κ2) is 5.41. The van der Waals surface area contributed by atoms with Gasteiger partial charge in [0, 0.05) is 0 Å². The molecule has 0 bridgehead atoms. The highest BCUT2D eigenvalue weighted by atomic mass is 35.5. The van der Waals surface area contributed by atoms with Crippen LogP contribution in [0.25, 0.3) is 0 Å². The minimum absolute atomic E-state index is 0. The molecule has 1 aliphatic rings. The minimum atomic E-state index is 0. The molecule has 1 atom stereocenters. The summed E-state index contributed by atoms with van der Waals surface area (Å²) in [5, 5.41) is 3.33. The Morgan fingerprint density at radius 2 is 2.33 bits per heavy atom. The lowest BCUT2D eigenvalue weighted by Crippen LogP contribution is -2.11. The molecule has 0 aromatic carbocycles. The van der Waals surface area contributed by atoms with E-state index >= 15 is 0 Å². The summed E-state index contributed by atoms with van der Waals surface area (Å²) in [5.41, 5.74) is 0. The molecule has 5 heteroatoms. The molecule has 3 nitrogen and oxygen atoms in total. The molecule has 1 aliphatic heterocycles. The van der Waals surface area contributed by atoms with E-state index in [1.54, 1.807) is 6.20 Å². The summed E-state index contributed by atoms with van der Waals surface area (Å²) in [4.78, 5) is 3.86. The molecule has 1 aromatic heterocycles. The fourth-order valence-electron chi connectivity index (χ4n) is 1.33. The maximum absolute atomic E-state index is 5.14. The molecule has 1 aromatic rings. The highest BCUT2D eigenvalue weighted by Crippen LogP contribution is 2.21. The number of oxazole rings is 1. The van der Waals surface area contributed by atoms with E-state index in [0.717, 1.165) is 12.3 Å². The van der Waals surface area contributed by atoms with Crippen molar-refractivity contribution in [1.29, 1.82) is 0 Å². The van der Waals surface area contributed by atoms with Crippen LogP contribution in [-0.4, -0.2) is 11.5 Å². The molecule has 0 amide bonds. The van der Waals surface area contributed by atoms with Crippen molar-refractivity contribution in [2.24, 2.45) is 0 Å². The van der Waals surface area contributed by atoms with E-state index in [4.69, 9.17) is 4.42 Å². The van der Waals surface area contributed by atoms with Gasteiger partial charge < -0.3 is 9.73 Å². The van der Waals surface area contributed by atoms with Crippen molar-refractivity contribution in [3.05, 3.63) is 18.4 Å². The van der Waals surface area contributed by atoms with Crippen LogP contribution >= 0.6 is 24.8 Å². The Hall–Kier alpha value is -0.250. The van der Waals surface area contributed by atoms with Gasteiger partial charge in [-0.3, -0.25) is 0 Å². The van der Waals surface area contributed by atoms with Gasteiger partial charge in [-0.05, 0) is 19.4 Å². The van der Waals surface area contributed by atoms with Crippen LogP contribution < -0.4 is 5.32 Å². The summed E-state index contributed by atoms with van der Waals surface area (Å²) < 4.78 is 5.14. The van der Waals surface area contributed by atoms with Gasteiger partial charge in [0.25, 0.3) is 0 Å². The van der Waals surface area contributed by atoms with Crippen LogP contribution in [0.5, 0.6) is 0 Å². The fraction of sp³-hybridized carbons (Fsp3) is 0.571. The van der Waals surface area contributed by atoms with Gasteiger partial charge in [-0.1, -0.05) is 0 Å². The van der Waals surface area contributed by atoms with Crippen molar-refractivity contribution >= 4 is 24.8 Å². The molecule has 0 radical (unpaired) electrons. The first-order chi connectivity index (χ1) is 4.97. The SMILES string of the molecule is Cl.Cl.c1ncc(C2CCCN2)o1. The second-order valence-electron chi connectivity index (χ2n) is 2.55. The molecule has 0 spiro atoms. The minimum Gasteiger partial charge on any atom is -0.447 e. The second-order valence-corrected chi connectivity index (χ2v) is 2.55. The van der Waals surface area contributed by atoms with Crippen LogP contribution in [0.4, 0.5) is 0 Å². The van der Waals surface area contributed by atoms with Gasteiger partial charge in [0.05, 0.1) is 12.2 Å². The van der Waals surface area contributed by atoms with Gasteiger partial charge in [0.2, 0.25) is 0 Å². The molecular weight excluding hydrogens is 199 g/mol. The van der Waals surface area contributed by atoms with E-state index in [0.29, 0.717) is 6.04 Å². The third-order valence-corrected chi connectivity index (χ3v) is 1.86.